The molecule has 1 nitrogen and oxygen atoms in total. The van der Waals surface area contributed by atoms with Crippen LogP contribution in [0.3, 0.4) is 0 Å². The third-order valence-corrected chi connectivity index (χ3v) is 4.57. The second kappa shape index (κ2) is 4.74. The lowest BCUT2D eigenvalue weighted by atomic mass is 9.67. The van der Waals surface area contributed by atoms with E-state index in [4.69, 9.17) is 0 Å². The van der Waals surface area contributed by atoms with Crippen LogP contribution in [-0.2, 0) is 5.41 Å². The maximum absolute atomic E-state index is 3.88. The molecule has 1 aromatic rings. The minimum atomic E-state index is 0.346. The molecule has 0 N–H and O–H groups in total. The van der Waals surface area contributed by atoms with Crippen molar-refractivity contribution in [2.75, 3.05) is 19.6 Å². The van der Waals surface area contributed by atoms with Crippen LogP contribution >= 0.6 is 0 Å². The van der Waals surface area contributed by atoms with Crippen LogP contribution in [0.15, 0.2) is 55.1 Å². The van der Waals surface area contributed by atoms with Gasteiger partial charge in [0.05, 0.1) is 0 Å². The molecule has 0 unspecified atom stereocenters. The second-order valence-electron chi connectivity index (χ2n) is 5.61. The van der Waals surface area contributed by atoms with Crippen molar-refractivity contribution in [3.63, 3.8) is 0 Å². The third-order valence-electron chi connectivity index (χ3n) is 4.57. The molecule has 0 bridgehead atoms. The van der Waals surface area contributed by atoms with E-state index in [1.165, 1.54) is 31.5 Å². The Kier molecular flexibility index (Phi) is 3.09. The highest BCUT2D eigenvalue weighted by Crippen LogP contribution is 2.46. The summed E-state index contributed by atoms with van der Waals surface area (Å²) in [5.41, 5.74) is 1.87. The average molecular weight is 239 g/mol. The Bertz CT molecular complexity index is 448. The summed E-state index contributed by atoms with van der Waals surface area (Å²) >= 11 is 0. The van der Waals surface area contributed by atoms with E-state index in [-0.39, 0.29) is 0 Å². The van der Waals surface area contributed by atoms with Crippen LogP contribution in [0.1, 0.15) is 18.4 Å². The highest BCUT2D eigenvalue weighted by molar-refractivity contribution is 5.32. The fourth-order valence-corrected chi connectivity index (χ4v) is 3.70. The number of fused-ring (bicyclic) bond motifs is 1. The number of rotatable bonds is 3. The molecule has 2 atom stereocenters. The number of benzene rings is 1. The summed E-state index contributed by atoms with van der Waals surface area (Å²) < 4.78 is 0. The van der Waals surface area contributed by atoms with Crippen LogP contribution in [-0.4, -0.2) is 24.5 Å². The summed E-state index contributed by atoms with van der Waals surface area (Å²) in [7, 11) is 0. The Balaban J connectivity index is 1.95. The molecule has 0 spiro atoms. The van der Waals surface area contributed by atoms with Gasteiger partial charge in [0.15, 0.2) is 0 Å². The zero-order valence-corrected chi connectivity index (χ0v) is 10.9. The maximum atomic E-state index is 3.88. The van der Waals surface area contributed by atoms with Crippen molar-refractivity contribution >= 4 is 0 Å². The van der Waals surface area contributed by atoms with Gasteiger partial charge in [0.1, 0.15) is 0 Å². The van der Waals surface area contributed by atoms with Crippen molar-refractivity contribution in [3.8, 4) is 0 Å². The van der Waals surface area contributed by atoms with Gasteiger partial charge in [-0.05, 0) is 24.3 Å². The zero-order chi connectivity index (χ0) is 12.4. The van der Waals surface area contributed by atoms with Gasteiger partial charge in [0, 0.05) is 25.0 Å². The summed E-state index contributed by atoms with van der Waals surface area (Å²) in [6, 6.07) is 11.1. The quantitative estimate of drug-likeness (QED) is 0.731. The Morgan fingerprint density at radius 2 is 2.11 bits per heavy atom. The number of hydrogen-bond acceptors (Lipinski definition) is 1. The molecular weight excluding hydrogens is 218 g/mol. The van der Waals surface area contributed by atoms with Crippen molar-refractivity contribution in [2.45, 2.75) is 18.3 Å². The molecule has 1 aliphatic heterocycles. The third kappa shape index (κ3) is 1.83. The van der Waals surface area contributed by atoms with Gasteiger partial charge in [-0.1, -0.05) is 48.6 Å². The zero-order valence-electron chi connectivity index (χ0n) is 10.9. The SMILES string of the molecule is C=CCN1C[C@@H]2CC=CC[C@]2(c2ccccc2)C1. The largest absolute Gasteiger partial charge is 0.298 e. The molecule has 1 aromatic carbocycles. The van der Waals surface area contributed by atoms with Crippen molar-refractivity contribution in [3.05, 3.63) is 60.7 Å². The van der Waals surface area contributed by atoms with E-state index in [2.05, 4.69) is 54.0 Å². The van der Waals surface area contributed by atoms with Crippen molar-refractivity contribution in [2.24, 2.45) is 5.92 Å². The van der Waals surface area contributed by atoms with Crippen molar-refractivity contribution in [1.29, 1.82) is 0 Å². The van der Waals surface area contributed by atoms with Crippen LogP contribution < -0.4 is 0 Å². The molecule has 0 radical (unpaired) electrons. The summed E-state index contributed by atoms with van der Waals surface area (Å²) in [6.07, 6.45) is 9.19. The molecule has 1 heteroatoms. The molecule has 2 aliphatic rings. The molecule has 18 heavy (non-hydrogen) atoms. The first-order valence-electron chi connectivity index (χ1n) is 6.89. The fraction of sp³-hybridized carbons (Fsp3) is 0.412. The standard InChI is InChI=1S/C17H21N/c1-2-12-18-13-16-10-6-7-11-17(16,14-18)15-8-4-3-5-9-15/h2-9,16H,1,10-14H2/t16-,17+/m0/s1. The first-order chi connectivity index (χ1) is 8.85. The predicted octanol–water partition coefficient (Wildman–Crippen LogP) is 3.39. The van der Waals surface area contributed by atoms with E-state index in [0.717, 1.165) is 12.5 Å². The van der Waals surface area contributed by atoms with E-state index in [0.29, 0.717) is 5.41 Å². The van der Waals surface area contributed by atoms with Gasteiger partial charge >= 0.3 is 0 Å². The minimum Gasteiger partial charge on any atom is -0.298 e. The topological polar surface area (TPSA) is 3.24 Å². The first-order valence-corrected chi connectivity index (χ1v) is 6.89. The summed E-state index contributed by atoms with van der Waals surface area (Å²) in [5.74, 6) is 0.768. The van der Waals surface area contributed by atoms with E-state index in [1.54, 1.807) is 0 Å². The summed E-state index contributed by atoms with van der Waals surface area (Å²) in [5, 5.41) is 0. The van der Waals surface area contributed by atoms with Gasteiger partial charge in [-0.25, -0.2) is 0 Å². The van der Waals surface area contributed by atoms with Crippen LogP contribution in [0.25, 0.3) is 0 Å². The molecule has 1 aliphatic carbocycles. The average Bonchev–Trinajstić information content (AvgIpc) is 2.79. The Morgan fingerprint density at radius 3 is 2.89 bits per heavy atom. The van der Waals surface area contributed by atoms with Gasteiger partial charge < -0.3 is 0 Å². The molecule has 1 fully saturated rings. The van der Waals surface area contributed by atoms with E-state index in [9.17, 15) is 0 Å². The molecule has 3 rings (SSSR count). The normalized spacial score (nSPS) is 31.2. The molecule has 0 aromatic heterocycles. The van der Waals surface area contributed by atoms with Crippen LogP contribution in [0, 0.1) is 5.92 Å². The van der Waals surface area contributed by atoms with Crippen molar-refractivity contribution in [1.82, 2.24) is 4.90 Å². The van der Waals surface area contributed by atoms with Gasteiger partial charge in [-0.15, -0.1) is 6.58 Å². The number of nitrogens with zero attached hydrogens (tertiary/aromatic N) is 1. The number of allylic oxidation sites excluding steroid dienone is 2. The molecule has 0 saturated carbocycles. The lowest BCUT2D eigenvalue weighted by Gasteiger charge is -2.36. The molecule has 1 saturated heterocycles. The number of likely N-dealkylation sites (tertiary alicyclic amines) is 1. The van der Waals surface area contributed by atoms with E-state index in [1.807, 2.05) is 6.08 Å². The van der Waals surface area contributed by atoms with E-state index < -0.39 is 0 Å². The van der Waals surface area contributed by atoms with Gasteiger partial charge in [0.2, 0.25) is 0 Å². The lowest BCUT2D eigenvalue weighted by molar-refractivity contribution is 0.323. The molecular formula is C17H21N. The van der Waals surface area contributed by atoms with Crippen LogP contribution in [0.5, 0.6) is 0 Å². The second-order valence-corrected chi connectivity index (χ2v) is 5.61. The highest BCUT2D eigenvalue weighted by Gasteiger charge is 2.46. The van der Waals surface area contributed by atoms with E-state index >= 15 is 0 Å². The molecule has 94 valence electrons. The molecule has 1 heterocycles. The Morgan fingerprint density at radius 1 is 1.28 bits per heavy atom. The Hall–Kier alpha value is -1.34. The molecule has 0 amide bonds. The first kappa shape index (κ1) is 11.7. The smallest absolute Gasteiger partial charge is 0.0161 e. The van der Waals surface area contributed by atoms with Gasteiger partial charge in [-0.2, -0.15) is 0 Å². The minimum absolute atomic E-state index is 0.346. The Labute approximate surface area is 110 Å². The maximum Gasteiger partial charge on any atom is 0.0161 e. The van der Waals surface area contributed by atoms with Gasteiger partial charge in [0.25, 0.3) is 0 Å². The summed E-state index contributed by atoms with van der Waals surface area (Å²) in [4.78, 5) is 2.55. The predicted molar refractivity (Wildman–Crippen MR) is 76.6 cm³/mol. The van der Waals surface area contributed by atoms with Crippen LogP contribution in [0.2, 0.25) is 0 Å². The summed E-state index contributed by atoms with van der Waals surface area (Å²) in [6.45, 7) is 7.29. The number of hydrogen-bond donors (Lipinski definition) is 0. The van der Waals surface area contributed by atoms with Crippen molar-refractivity contribution < 1.29 is 0 Å². The fourth-order valence-electron chi connectivity index (χ4n) is 3.70. The van der Waals surface area contributed by atoms with Crippen LogP contribution in [0.4, 0.5) is 0 Å². The lowest BCUT2D eigenvalue weighted by Crippen LogP contribution is -2.36. The highest BCUT2D eigenvalue weighted by atomic mass is 15.2. The van der Waals surface area contributed by atoms with Gasteiger partial charge in [-0.3, -0.25) is 4.90 Å². The monoisotopic (exact) mass is 239 g/mol.